The van der Waals surface area contributed by atoms with E-state index in [0.717, 1.165) is 5.57 Å². The first-order valence-electron chi connectivity index (χ1n) is 4.11. The lowest BCUT2D eigenvalue weighted by molar-refractivity contribution is 0.586. The van der Waals surface area contributed by atoms with Gasteiger partial charge in [-0.2, -0.15) is 0 Å². The van der Waals surface area contributed by atoms with Crippen molar-refractivity contribution in [1.82, 2.24) is 4.72 Å². The van der Waals surface area contributed by atoms with Crippen molar-refractivity contribution in [2.75, 3.05) is 0 Å². The van der Waals surface area contributed by atoms with Gasteiger partial charge < -0.3 is 5.73 Å². The minimum atomic E-state index is -3.46. The van der Waals surface area contributed by atoms with Gasteiger partial charge >= 0.3 is 0 Å². The molecule has 0 bridgehead atoms. The molecule has 4 nitrogen and oxygen atoms in total. The molecule has 1 aliphatic rings. The third-order valence-electron chi connectivity index (χ3n) is 2.23. The molecule has 3 N–H and O–H groups in total. The fraction of sp³-hybridized carbons (Fsp3) is 0.111. The van der Waals surface area contributed by atoms with Crippen LogP contribution in [0.3, 0.4) is 0 Å². The summed E-state index contributed by atoms with van der Waals surface area (Å²) in [5, 5.41) is 0. The second-order valence-corrected chi connectivity index (χ2v) is 4.79. The molecule has 0 amide bonds. The number of nitrogens with one attached hydrogen (secondary N) is 1. The number of fused-ring (bicyclic) bond motifs is 1. The van der Waals surface area contributed by atoms with Gasteiger partial charge in [0.15, 0.2) is 0 Å². The molecule has 14 heavy (non-hydrogen) atoms. The van der Waals surface area contributed by atoms with Gasteiger partial charge in [0.05, 0.1) is 4.90 Å². The highest BCUT2D eigenvalue weighted by atomic mass is 32.2. The van der Waals surface area contributed by atoms with Crippen LogP contribution in [-0.2, 0) is 10.0 Å². The van der Waals surface area contributed by atoms with Crippen molar-refractivity contribution >= 4 is 15.6 Å². The number of sulfonamides is 1. The van der Waals surface area contributed by atoms with E-state index in [1.807, 2.05) is 0 Å². The van der Waals surface area contributed by atoms with Crippen LogP contribution < -0.4 is 10.5 Å². The molecule has 1 aromatic rings. The van der Waals surface area contributed by atoms with Crippen LogP contribution in [0, 0.1) is 0 Å². The van der Waals surface area contributed by atoms with E-state index < -0.39 is 10.0 Å². The Morgan fingerprint density at radius 3 is 2.64 bits per heavy atom. The summed E-state index contributed by atoms with van der Waals surface area (Å²) < 4.78 is 25.5. The summed E-state index contributed by atoms with van der Waals surface area (Å²) >= 11 is 0. The van der Waals surface area contributed by atoms with E-state index in [2.05, 4.69) is 4.72 Å². The van der Waals surface area contributed by atoms with E-state index in [0.29, 0.717) is 5.56 Å². The second-order valence-electron chi connectivity index (χ2n) is 3.14. The third kappa shape index (κ3) is 1.17. The monoisotopic (exact) mass is 210 g/mol. The summed E-state index contributed by atoms with van der Waals surface area (Å²) in [5.74, 6) is 0.198. The lowest BCUT2D eigenvalue weighted by Gasteiger charge is -2.19. The standard InChI is InChI=1S/C9H10N2O2S/c1-6-7-4-2-3-5-8(7)14(12,13)11-9(6)10/h2-5,11H,10H2,1H3. The lowest BCUT2D eigenvalue weighted by Crippen LogP contribution is -2.32. The molecular formula is C9H10N2O2S. The predicted molar refractivity (Wildman–Crippen MR) is 53.5 cm³/mol. The Labute approximate surface area is 82.5 Å². The summed E-state index contributed by atoms with van der Waals surface area (Å²) in [6, 6.07) is 6.78. The molecular weight excluding hydrogens is 200 g/mol. The van der Waals surface area contributed by atoms with Crippen LogP contribution in [-0.4, -0.2) is 8.42 Å². The van der Waals surface area contributed by atoms with Gasteiger partial charge in [-0.15, -0.1) is 0 Å². The average Bonchev–Trinajstić information content (AvgIpc) is 2.14. The van der Waals surface area contributed by atoms with E-state index in [-0.39, 0.29) is 10.7 Å². The normalized spacial score (nSPS) is 18.6. The smallest absolute Gasteiger partial charge is 0.263 e. The quantitative estimate of drug-likeness (QED) is 0.659. The Bertz CT molecular complexity index is 517. The maximum Gasteiger partial charge on any atom is 0.263 e. The highest BCUT2D eigenvalue weighted by Crippen LogP contribution is 2.27. The van der Waals surface area contributed by atoms with Gasteiger partial charge in [0.2, 0.25) is 0 Å². The Morgan fingerprint density at radius 1 is 1.29 bits per heavy atom. The Hall–Kier alpha value is -1.49. The first-order valence-corrected chi connectivity index (χ1v) is 5.59. The Kier molecular flexibility index (Phi) is 1.78. The molecule has 0 spiro atoms. The van der Waals surface area contributed by atoms with Gasteiger partial charge in [0.1, 0.15) is 5.82 Å². The van der Waals surface area contributed by atoms with Crippen LogP contribution >= 0.6 is 0 Å². The molecule has 0 radical (unpaired) electrons. The Morgan fingerprint density at radius 2 is 1.93 bits per heavy atom. The van der Waals surface area contributed by atoms with E-state index in [1.165, 1.54) is 0 Å². The van der Waals surface area contributed by atoms with Crippen LogP contribution in [0.1, 0.15) is 12.5 Å². The van der Waals surface area contributed by atoms with Gasteiger partial charge in [-0.05, 0) is 18.6 Å². The number of hydrogen-bond acceptors (Lipinski definition) is 3. The highest BCUT2D eigenvalue weighted by molar-refractivity contribution is 7.89. The fourth-order valence-corrected chi connectivity index (χ4v) is 2.75. The number of hydrogen-bond donors (Lipinski definition) is 2. The summed E-state index contributed by atoms with van der Waals surface area (Å²) in [7, 11) is -3.46. The zero-order chi connectivity index (χ0) is 10.3. The zero-order valence-corrected chi connectivity index (χ0v) is 8.43. The van der Waals surface area contributed by atoms with Crippen molar-refractivity contribution in [3.63, 3.8) is 0 Å². The zero-order valence-electron chi connectivity index (χ0n) is 7.61. The van der Waals surface area contributed by atoms with Crippen LogP contribution in [0.2, 0.25) is 0 Å². The summed E-state index contributed by atoms with van der Waals surface area (Å²) in [6.45, 7) is 1.79. The molecule has 0 unspecified atom stereocenters. The molecule has 0 fully saturated rings. The largest absolute Gasteiger partial charge is 0.385 e. The molecule has 2 rings (SSSR count). The van der Waals surface area contributed by atoms with Crippen molar-refractivity contribution in [3.05, 3.63) is 35.6 Å². The first-order chi connectivity index (χ1) is 6.52. The fourth-order valence-electron chi connectivity index (χ4n) is 1.43. The van der Waals surface area contributed by atoms with Crippen molar-refractivity contribution in [2.24, 2.45) is 5.73 Å². The topological polar surface area (TPSA) is 72.2 Å². The van der Waals surface area contributed by atoms with Crippen LogP contribution in [0.25, 0.3) is 5.57 Å². The molecule has 0 aliphatic carbocycles. The van der Waals surface area contributed by atoms with Crippen LogP contribution in [0.15, 0.2) is 35.0 Å². The summed E-state index contributed by atoms with van der Waals surface area (Å²) in [4.78, 5) is 0.284. The van der Waals surface area contributed by atoms with Crippen molar-refractivity contribution < 1.29 is 8.42 Å². The molecule has 0 saturated carbocycles. The molecule has 0 aromatic heterocycles. The highest BCUT2D eigenvalue weighted by Gasteiger charge is 2.25. The first kappa shape index (κ1) is 9.08. The minimum Gasteiger partial charge on any atom is -0.385 e. The molecule has 1 aromatic carbocycles. The van der Waals surface area contributed by atoms with Gasteiger partial charge in [0, 0.05) is 5.56 Å². The minimum absolute atomic E-state index is 0.198. The van der Waals surface area contributed by atoms with Crippen LogP contribution in [0.5, 0.6) is 0 Å². The second kappa shape index (κ2) is 2.75. The van der Waals surface area contributed by atoms with Crippen molar-refractivity contribution in [2.45, 2.75) is 11.8 Å². The summed E-state index contributed by atoms with van der Waals surface area (Å²) in [5.41, 5.74) is 6.99. The van der Waals surface area contributed by atoms with Gasteiger partial charge in [-0.1, -0.05) is 18.2 Å². The lowest BCUT2D eigenvalue weighted by atomic mass is 10.1. The van der Waals surface area contributed by atoms with Crippen molar-refractivity contribution in [3.8, 4) is 0 Å². The molecule has 1 aliphatic heterocycles. The van der Waals surface area contributed by atoms with E-state index in [4.69, 9.17) is 5.73 Å². The van der Waals surface area contributed by atoms with Crippen molar-refractivity contribution in [1.29, 1.82) is 0 Å². The molecule has 0 saturated heterocycles. The average molecular weight is 210 g/mol. The SMILES string of the molecule is CC1=C(N)NS(=O)(=O)c2ccccc21. The van der Waals surface area contributed by atoms with Crippen LogP contribution in [0.4, 0.5) is 0 Å². The number of allylic oxidation sites excluding steroid dienone is 1. The molecule has 0 atom stereocenters. The number of benzene rings is 1. The maximum atomic E-state index is 11.6. The van der Waals surface area contributed by atoms with E-state index in [9.17, 15) is 8.42 Å². The number of nitrogens with two attached hydrogens (primary N) is 1. The third-order valence-corrected chi connectivity index (χ3v) is 3.65. The number of rotatable bonds is 0. The molecule has 1 heterocycles. The molecule has 5 heteroatoms. The maximum absolute atomic E-state index is 11.6. The van der Waals surface area contributed by atoms with E-state index >= 15 is 0 Å². The van der Waals surface area contributed by atoms with E-state index in [1.54, 1.807) is 31.2 Å². The Balaban J connectivity index is 2.82. The summed E-state index contributed by atoms with van der Waals surface area (Å²) in [6.07, 6.45) is 0. The van der Waals surface area contributed by atoms with Gasteiger partial charge in [-0.3, -0.25) is 4.72 Å². The van der Waals surface area contributed by atoms with Gasteiger partial charge in [0.25, 0.3) is 10.0 Å². The molecule has 74 valence electrons. The predicted octanol–water partition coefficient (Wildman–Crippen LogP) is 0.626. The van der Waals surface area contributed by atoms with Gasteiger partial charge in [-0.25, -0.2) is 8.42 Å².